The van der Waals surface area contributed by atoms with Crippen LogP contribution in [-0.4, -0.2) is 23.4 Å². The lowest BCUT2D eigenvalue weighted by atomic mass is 10.0. The van der Waals surface area contributed by atoms with Gasteiger partial charge in [-0.3, -0.25) is 0 Å². The number of thiazole rings is 1. The third kappa shape index (κ3) is 4.51. The molecule has 1 N–H and O–H groups in total. The van der Waals surface area contributed by atoms with Crippen LogP contribution >= 0.6 is 34.5 Å². The summed E-state index contributed by atoms with van der Waals surface area (Å²) in [5.41, 5.74) is 3.64. The molecule has 0 saturated heterocycles. The van der Waals surface area contributed by atoms with E-state index in [1.807, 2.05) is 35.7 Å². The maximum absolute atomic E-state index is 11.3. The Hall–Kier alpha value is -3.06. The molecular formula is C23H15Cl2NO4S. The van der Waals surface area contributed by atoms with Crippen LogP contribution < -0.4 is 9.47 Å². The Morgan fingerprint density at radius 3 is 2.42 bits per heavy atom. The second-order valence-corrected chi connectivity index (χ2v) is 8.12. The van der Waals surface area contributed by atoms with Gasteiger partial charge in [-0.05, 0) is 30.3 Å². The van der Waals surface area contributed by atoms with Crippen LogP contribution in [0, 0.1) is 0 Å². The molecule has 1 aromatic heterocycles. The van der Waals surface area contributed by atoms with E-state index in [1.54, 1.807) is 37.4 Å². The Morgan fingerprint density at radius 1 is 0.935 bits per heavy atom. The number of carbonyl (C=O) groups is 1. The van der Waals surface area contributed by atoms with Gasteiger partial charge in [0.25, 0.3) is 0 Å². The minimum absolute atomic E-state index is 0.195. The molecule has 0 fully saturated rings. The Kier molecular flexibility index (Phi) is 6.13. The van der Waals surface area contributed by atoms with Crippen molar-refractivity contribution in [1.82, 2.24) is 4.98 Å². The van der Waals surface area contributed by atoms with Gasteiger partial charge in [0.05, 0.1) is 22.8 Å². The Bertz CT molecular complexity index is 1270. The Morgan fingerprint density at radius 2 is 1.68 bits per heavy atom. The lowest BCUT2D eigenvalue weighted by molar-refractivity contribution is 0.144. The molecule has 0 aliphatic rings. The maximum atomic E-state index is 11.3. The van der Waals surface area contributed by atoms with Gasteiger partial charge in [-0.1, -0.05) is 53.5 Å². The van der Waals surface area contributed by atoms with E-state index in [-0.39, 0.29) is 5.75 Å². The van der Waals surface area contributed by atoms with Crippen molar-refractivity contribution >= 4 is 40.7 Å². The number of hydrogen-bond acceptors (Lipinski definition) is 5. The van der Waals surface area contributed by atoms with E-state index in [2.05, 4.69) is 4.98 Å². The first-order chi connectivity index (χ1) is 15.0. The molecular weight excluding hydrogens is 457 g/mol. The van der Waals surface area contributed by atoms with Gasteiger partial charge in [0.15, 0.2) is 0 Å². The highest BCUT2D eigenvalue weighted by atomic mass is 35.5. The van der Waals surface area contributed by atoms with Crippen LogP contribution in [-0.2, 0) is 0 Å². The van der Waals surface area contributed by atoms with Crippen LogP contribution in [0.15, 0.2) is 66.0 Å². The molecule has 0 unspecified atom stereocenters. The standard InChI is InChI=1S/C23H15Cl2NO4S/c1-29-20-5-3-2-4-15(20)16-8-6-14(11-21(16)30-23(27)28)22-26-19(12-31-22)13-7-9-17(24)18(25)10-13/h2-12H,1H3,(H,27,28). The van der Waals surface area contributed by atoms with Crippen molar-refractivity contribution in [3.63, 3.8) is 0 Å². The van der Waals surface area contributed by atoms with Crippen LogP contribution in [0.3, 0.4) is 0 Å². The molecule has 0 aliphatic heterocycles. The molecule has 31 heavy (non-hydrogen) atoms. The molecule has 0 spiro atoms. The summed E-state index contributed by atoms with van der Waals surface area (Å²) >= 11 is 13.5. The van der Waals surface area contributed by atoms with Gasteiger partial charge in [0, 0.05) is 27.6 Å². The summed E-state index contributed by atoms with van der Waals surface area (Å²) in [6.07, 6.45) is -1.40. The van der Waals surface area contributed by atoms with Crippen LogP contribution in [0.25, 0.3) is 33.0 Å². The van der Waals surface area contributed by atoms with Crippen LogP contribution in [0.1, 0.15) is 0 Å². The first-order valence-electron chi connectivity index (χ1n) is 9.06. The highest BCUT2D eigenvalue weighted by molar-refractivity contribution is 7.13. The number of aromatic nitrogens is 1. The minimum atomic E-state index is -1.40. The summed E-state index contributed by atoms with van der Waals surface area (Å²) in [6.45, 7) is 0. The first kappa shape index (κ1) is 21.2. The van der Waals surface area contributed by atoms with Crippen molar-refractivity contribution in [3.8, 4) is 44.5 Å². The van der Waals surface area contributed by atoms with Gasteiger partial charge in [0.1, 0.15) is 16.5 Å². The molecule has 0 radical (unpaired) electrons. The molecule has 3 aromatic carbocycles. The smallest absolute Gasteiger partial charge is 0.496 e. The fourth-order valence-corrected chi connectivity index (χ4v) is 4.24. The number of rotatable bonds is 5. The summed E-state index contributed by atoms with van der Waals surface area (Å²) in [4.78, 5) is 16.0. The number of benzene rings is 3. The summed E-state index contributed by atoms with van der Waals surface area (Å²) in [6, 6.07) is 18.0. The average Bonchev–Trinajstić information content (AvgIpc) is 3.25. The number of para-hydroxylation sites is 1. The SMILES string of the molecule is COc1ccccc1-c1ccc(-c2nc(-c3ccc(Cl)c(Cl)c3)cs2)cc1OC(=O)O. The predicted octanol–water partition coefficient (Wildman–Crippen LogP) is 7.52. The molecule has 0 atom stereocenters. The number of hydrogen-bond donors (Lipinski definition) is 1. The van der Waals surface area contributed by atoms with E-state index >= 15 is 0 Å². The molecule has 156 valence electrons. The molecule has 8 heteroatoms. The topological polar surface area (TPSA) is 68.7 Å². The van der Waals surface area contributed by atoms with E-state index in [1.165, 1.54) is 11.3 Å². The number of methoxy groups -OCH3 is 1. The number of ether oxygens (including phenoxy) is 2. The summed E-state index contributed by atoms with van der Waals surface area (Å²) < 4.78 is 10.5. The van der Waals surface area contributed by atoms with Crippen molar-refractivity contribution in [2.45, 2.75) is 0 Å². The van der Waals surface area contributed by atoms with Crippen LogP contribution in [0.4, 0.5) is 4.79 Å². The summed E-state index contributed by atoms with van der Waals surface area (Å²) in [7, 11) is 1.56. The largest absolute Gasteiger partial charge is 0.511 e. The molecule has 0 bridgehead atoms. The predicted molar refractivity (Wildman–Crippen MR) is 124 cm³/mol. The van der Waals surface area contributed by atoms with Crippen LogP contribution in [0.2, 0.25) is 10.0 Å². The molecule has 4 aromatic rings. The maximum Gasteiger partial charge on any atom is 0.511 e. The minimum Gasteiger partial charge on any atom is -0.496 e. The Balaban J connectivity index is 1.75. The summed E-state index contributed by atoms with van der Waals surface area (Å²) in [5.74, 6) is 0.808. The zero-order chi connectivity index (χ0) is 22.0. The third-order valence-corrected chi connectivity index (χ3v) is 6.17. The lowest BCUT2D eigenvalue weighted by Crippen LogP contribution is -2.04. The molecule has 5 nitrogen and oxygen atoms in total. The highest BCUT2D eigenvalue weighted by Crippen LogP contribution is 2.40. The second kappa shape index (κ2) is 8.98. The van der Waals surface area contributed by atoms with Crippen molar-refractivity contribution < 1.29 is 19.4 Å². The van der Waals surface area contributed by atoms with Crippen molar-refractivity contribution in [2.75, 3.05) is 7.11 Å². The van der Waals surface area contributed by atoms with Crippen molar-refractivity contribution in [3.05, 3.63) is 76.1 Å². The van der Waals surface area contributed by atoms with E-state index in [0.717, 1.165) is 22.4 Å². The van der Waals surface area contributed by atoms with E-state index in [0.29, 0.717) is 26.4 Å². The second-order valence-electron chi connectivity index (χ2n) is 6.45. The van der Waals surface area contributed by atoms with Gasteiger partial charge < -0.3 is 14.6 Å². The van der Waals surface area contributed by atoms with E-state index in [9.17, 15) is 9.90 Å². The van der Waals surface area contributed by atoms with Gasteiger partial charge in [0.2, 0.25) is 0 Å². The molecule has 1 heterocycles. The van der Waals surface area contributed by atoms with Gasteiger partial charge >= 0.3 is 6.16 Å². The number of carboxylic acid groups (broad SMARTS) is 1. The van der Waals surface area contributed by atoms with Gasteiger partial charge in [-0.15, -0.1) is 11.3 Å². The van der Waals surface area contributed by atoms with Crippen molar-refractivity contribution in [1.29, 1.82) is 0 Å². The number of nitrogens with zero attached hydrogens (tertiary/aromatic N) is 1. The van der Waals surface area contributed by atoms with Crippen LogP contribution in [0.5, 0.6) is 11.5 Å². The zero-order valence-electron chi connectivity index (χ0n) is 16.1. The Labute approximate surface area is 192 Å². The number of halogens is 2. The van der Waals surface area contributed by atoms with E-state index in [4.69, 9.17) is 32.7 Å². The molecule has 0 saturated carbocycles. The monoisotopic (exact) mass is 471 g/mol. The van der Waals surface area contributed by atoms with Gasteiger partial charge in [-0.25, -0.2) is 9.78 Å². The van der Waals surface area contributed by atoms with Gasteiger partial charge in [-0.2, -0.15) is 0 Å². The van der Waals surface area contributed by atoms with Crippen molar-refractivity contribution in [2.24, 2.45) is 0 Å². The molecule has 0 amide bonds. The fraction of sp³-hybridized carbons (Fsp3) is 0.0435. The van der Waals surface area contributed by atoms with E-state index < -0.39 is 6.16 Å². The zero-order valence-corrected chi connectivity index (χ0v) is 18.5. The summed E-state index contributed by atoms with van der Waals surface area (Å²) in [5, 5.41) is 12.8. The fourth-order valence-electron chi connectivity index (χ4n) is 3.12. The average molecular weight is 472 g/mol. The molecule has 0 aliphatic carbocycles. The molecule has 4 rings (SSSR count). The third-order valence-electron chi connectivity index (χ3n) is 4.54. The lowest BCUT2D eigenvalue weighted by Gasteiger charge is -2.13. The normalized spacial score (nSPS) is 10.7. The highest BCUT2D eigenvalue weighted by Gasteiger charge is 2.16. The first-order valence-corrected chi connectivity index (χ1v) is 10.7. The quantitative estimate of drug-likeness (QED) is 0.240.